The second-order valence-corrected chi connectivity index (χ2v) is 13.2. The molecule has 2 aromatic rings. The summed E-state index contributed by atoms with van der Waals surface area (Å²) in [5.41, 5.74) is 0.848. The highest BCUT2D eigenvalue weighted by atomic mass is 16.6. The summed E-state index contributed by atoms with van der Waals surface area (Å²) in [5, 5.41) is 5.55. The minimum atomic E-state index is -1.07. The lowest BCUT2D eigenvalue weighted by molar-refractivity contribution is -0.159. The van der Waals surface area contributed by atoms with Crippen molar-refractivity contribution in [3.8, 4) is 0 Å². The highest BCUT2D eigenvalue weighted by Gasteiger charge is 2.37. The molecule has 2 rings (SSSR count). The number of rotatable bonds is 13. The molecule has 0 radical (unpaired) electrons. The number of ether oxygens (including phenoxy) is 2. The minimum Gasteiger partial charge on any atom is -0.458 e. The molecule has 3 atom stereocenters. The van der Waals surface area contributed by atoms with Crippen LogP contribution in [0.3, 0.4) is 0 Å². The lowest BCUT2D eigenvalue weighted by atomic mass is 9.99. The summed E-state index contributed by atoms with van der Waals surface area (Å²) in [6.45, 7) is 16.4. The Morgan fingerprint density at radius 2 is 1.48 bits per heavy atom. The van der Waals surface area contributed by atoms with E-state index < -0.39 is 53.2 Å². The van der Waals surface area contributed by atoms with Crippen LogP contribution in [0.4, 0.5) is 4.79 Å². The zero-order valence-electron chi connectivity index (χ0n) is 27.9. The van der Waals surface area contributed by atoms with Crippen LogP contribution in [0.2, 0.25) is 0 Å². The van der Waals surface area contributed by atoms with Crippen LogP contribution in [-0.4, -0.2) is 58.6 Å². The number of amides is 3. The molecule has 0 aliphatic carbocycles. The van der Waals surface area contributed by atoms with Crippen LogP contribution in [0.5, 0.6) is 0 Å². The summed E-state index contributed by atoms with van der Waals surface area (Å²) < 4.78 is 11.1. The summed E-state index contributed by atoms with van der Waals surface area (Å²) in [7, 11) is 0. The lowest BCUT2D eigenvalue weighted by Crippen LogP contribution is -2.54. The molecule has 0 aliphatic rings. The van der Waals surface area contributed by atoms with Crippen molar-refractivity contribution in [2.75, 3.05) is 6.54 Å². The number of carbonyl (C=O) groups is 4. The van der Waals surface area contributed by atoms with Crippen LogP contribution >= 0.6 is 0 Å². The number of alkyl carbamates (subject to hydrolysis) is 1. The Bertz CT molecular complexity index is 1250. The first-order chi connectivity index (χ1) is 20.5. The maximum Gasteiger partial charge on any atom is 0.408 e. The first-order valence-corrected chi connectivity index (χ1v) is 15.4. The molecule has 0 heterocycles. The molecular formula is C35H51N3O6. The average molecular weight is 610 g/mol. The third-order valence-electron chi connectivity index (χ3n) is 6.60. The van der Waals surface area contributed by atoms with Gasteiger partial charge in [0.15, 0.2) is 0 Å². The van der Waals surface area contributed by atoms with Gasteiger partial charge in [-0.2, -0.15) is 0 Å². The molecule has 0 aromatic heterocycles. The van der Waals surface area contributed by atoms with Crippen LogP contribution < -0.4 is 10.6 Å². The number of benzene rings is 2. The Morgan fingerprint density at radius 3 is 2.05 bits per heavy atom. The number of carbonyl (C=O) groups excluding carboxylic acids is 4. The highest BCUT2D eigenvalue weighted by Crippen LogP contribution is 2.25. The van der Waals surface area contributed by atoms with E-state index in [-0.39, 0.29) is 13.0 Å². The zero-order chi connectivity index (χ0) is 33.1. The monoisotopic (exact) mass is 609 g/mol. The predicted octanol–water partition coefficient (Wildman–Crippen LogP) is 6.04. The fraction of sp³-hybridized carbons (Fsp3) is 0.543. The van der Waals surface area contributed by atoms with Crippen molar-refractivity contribution in [1.82, 2.24) is 15.5 Å². The number of nitrogens with one attached hydrogen (secondary N) is 2. The second-order valence-electron chi connectivity index (χ2n) is 13.2. The predicted molar refractivity (Wildman–Crippen MR) is 172 cm³/mol. The van der Waals surface area contributed by atoms with E-state index in [9.17, 15) is 19.2 Å². The molecule has 0 aliphatic heterocycles. The van der Waals surface area contributed by atoms with E-state index in [4.69, 9.17) is 9.47 Å². The maximum absolute atomic E-state index is 14.3. The normalized spacial score (nSPS) is 13.7. The van der Waals surface area contributed by atoms with E-state index in [1.165, 1.54) is 4.90 Å². The smallest absolute Gasteiger partial charge is 0.408 e. The van der Waals surface area contributed by atoms with E-state index >= 15 is 0 Å². The first kappa shape index (κ1) is 36.3. The lowest BCUT2D eigenvalue weighted by Gasteiger charge is -2.35. The van der Waals surface area contributed by atoms with Gasteiger partial charge in [-0.15, -0.1) is 0 Å². The van der Waals surface area contributed by atoms with E-state index in [1.807, 2.05) is 55.5 Å². The molecule has 3 amide bonds. The van der Waals surface area contributed by atoms with Crippen LogP contribution in [0.25, 0.3) is 0 Å². The Hall–Kier alpha value is -3.88. The van der Waals surface area contributed by atoms with Crippen molar-refractivity contribution in [1.29, 1.82) is 0 Å². The van der Waals surface area contributed by atoms with Gasteiger partial charge in [-0.3, -0.25) is 9.59 Å². The van der Waals surface area contributed by atoms with Gasteiger partial charge in [-0.25, -0.2) is 9.59 Å². The molecule has 9 nitrogen and oxygen atoms in total. The van der Waals surface area contributed by atoms with Gasteiger partial charge in [-0.1, -0.05) is 79.9 Å². The number of nitrogens with zero attached hydrogens (tertiary/aromatic N) is 1. The van der Waals surface area contributed by atoms with Gasteiger partial charge in [0, 0.05) is 13.0 Å². The van der Waals surface area contributed by atoms with Gasteiger partial charge < -0.3 is 25.0 Å². The van der Waals surface area contributed by atoms with Gasteiger partial charge in [0.2, 0.25) is 11.8 Å². The standard InChI is InChI=1S/C35H51N3O6/c1-10-11-15-21-38(31(40)25(3)36-33(42)44-35(7,8)9)29(27-20-16-17-24(2)22-27)30(39)37-28(32(41)43-34(4,5)6)23-26-18-13-12-14-19-26/h12-14,16-20,22,25,28-29H,10-11,15,21,23H2,1-9H3,(H,36,42)(H,37,39). The quantitative estimate of drug-likeness (QED) is 0.212. The van der Waals surface area contributed by atoms with Crippen molar-refractivity contribution in [2.45, 2.75) is 117 Å². The molecule has 0 bridgehead atoms. The van der Waals surface area contributed by atoms with Crippen molar-refractivity contribution in [3.63, 3.8) is 0 Å². The molecule has 0 saturated carbocycles. The third-order valence-corrected chi connectivity index (χ3v) is 6.60. The molecule has 44 heavy (non-hydrogen) atoms. The largest absolute Gasteiger partial charge is 0.458 e. The Kier molecular flexibility index (Phi) is 13.4. The molecule has 2 N–H and O–H groups in total. The van der Waals surface area contributed by atoms with E-state index in [1.54, 1.807) is 54.5 Å². The topological polar surface area (TPSA) is 114 Å². The van der Waals surface area contributed by atoms with Gasteiger partial charge in [0.25, 0.3) is 0 Å². The SMILES string of the molecule is CCCCCN(C(=O)C(C)NC(=O)OC(C)(C)C)C(C(=O)NC(Cc1ccccc1)C(=O)OC(C)(C)C)c1cccc(C)c1. The highest BCUT2D eigenvalue weighted by molar-refractivity contribution is 5.93. The van der Waals surface area contributed by atoms with Crippen molar-refractivity contribution in [2.24, 2.45) is 0 Å². The number of hydrogen-bond acceptors (Lipinski definition) is 6. The van der Waals surface area contributed by atoms with Crippen LogP contribution in [0.15, 0.2) is 54.6 Å². The average Bonchev–Trinajstić information content (AvgIpc) is 2.90. The zero-order valence-corrected chi connectivity index (χ0v) is 27.9. The van der Waals surface area contributed by atoms with Gasteiger partial charge >= 0.3 is 12.1 Å². The Balaban J connectivity index is 2.52. The third kappa shape index (κ3) is 12.4. The molecular weight excluding hydrogens is 558 g/mol. The molecule has 2 aromatic carbocycles. The fourth-order valence-corrected chi connectivity index (χ4v) is 4.67. The van der Waals surface area contributed by atoms with Gasteiger partial charge in [-0.05, 0) is 72.9 Å². The van der Waals surface area contributed by atoms with Gasteiger partial charge in [0.05, 0.1) is 0 Å². The Labute approximate surface area is 263 Å². The van der Waals surface area contributed by atoms with Gasteiger partial charge in [0.1, 0.15) is 29.3 Å². The number of esters is 1. The van der Waals surface area contributed by atoms with Crippen molar-refractivity contribution in [3.05, 3.63) is 71.3 Å². The summed E-state index contributed by atoms with van der Waals surface area (Å²) in [4.78, 5) is 55.8. The molecule has 3 unspecified atom stereocenters. The minimum absolute atomic E-state index is 0.211. The van der Waals surface area contributed by atoms with Crippen LogP contribution in [0.1, 0.15) is 97.4 Å². The summed E-state index contributed by atoms with van der Waals surface area (Å²) in [6.07, 6.45) is 1.89. The number of aryl methyl sites for hydroxylation is 1. The maximum atomic E-state index is 14.3. The molecule has 0 saturated heterocycles. The summed E-state index contributed by atoms with van der Waals surface area (Å²) in [5.74, 6) is -1.52. The summed E-state index contributed by atoms with van der Waals surface area (Å²) in [6, 6.07) is 13.7. The van der Waals surface area contributed by atoms with E-state index in [2.05, 4.69) is 17.6 Å². The number of hydrogen-bond donors (Lipinski definition) is 2. The van der Waals surface area contributed by atoms with E-state index in [0.717, 1.165) is 24.0 Å². The molecule has 0 spiro atoms. The van der Waals surface area contributed by atoms with E-state index in [0.29, 0.717) is 12.0 Å². The molecule has 9 heteroatoms. The molecule has 0 fully saturated rings. The summed E-state index contributed by atoms with van der Waals surface area (Å²) >= 11 is 0. The van der Waals surface area contributed by atoms with Crippen molar-refractivity contribution < 1.29 is 28.7 Å². The molecule has 242 valence electrons. The van der Waals surface area contributed by atoms with Crippen LogP contribution in [0, 0.1) is 6.92 Å². The van der Waals surface area contributed by atoms with Crippen molar-refractivity contribution >= 4 is 23.9 Å². The number of unbranched alkanes of at least 4 members (excludes halogenated alkanes) is 2. The second kappa shape index (κ2) is 16.3. The first-order valence-electron chi connectivity index (χ1n) is 15.4. The van der Waals surface area contributed by atoms with Crippen LogP contribution in [-0.2, 0) is 30.3 Å². The Morgan fingerprint density at radius 1 is 0.841 bits per heavy atom. The fourth-order valence-electron chi connectivity index (χ4n) is 4.67.